The molecule has 4 amide bonds. The molecule has 0 aliphatic rings. The van der Waals surface area contributed by atoms with Gasteiger partial charge in [-0.15, -0.1) is 0 Å². The number of halogens is 7. The van der Waals surface area contributed by atoms with Gasteiger partial charge < -0.3 is 31.2 Å². The molecule has 0 saturated heterocycles. The molecule has 0 bridgehead atoms. The molecule has 7 N–H and O–H groups in total. The van der Waals surface area contributed by atoms with Crippen LogP contribution in [0, 0.1) is 23.3 Å². The summed E-state index contributed by atoms with van der Waals surface area (Å²) in [6, 6.07) is 20.9. The van der Waals surface area contributed by atoms with Crippen molar-refractivity contribution >= 4 is 81.5 Å². The Bertz CT molecular complexity index is 3350. The zero-order valence-corrected chi connectivity index (χ0v) is 40.8. The van der Waals surface area contributed by atoms with Gasteiger partial charge in [-0.05, 0) is 92.7 Å². The lowest BCUT2D eigenvalue weighted by Crippen LogP contribution is -2.29. The van der Waals surface area contributed by atoms with E-state index in [0.29, 0.717) is 17.1 Å². The van der Waals surface area contributed by atoms with Gasteiger partial charge in [-0.3, -0.25) is 10.6 Å². The number of anilines is 6. The van der Waals surface area contributed by atoms with E-state index in [2.05, 4.69) is 41.7 Å². The summed E-state index contributed by atoms with van der Waals surface area (Å²) < 4.78 is 72.9. The van der Waals surface area contributed by atoms with E-state index in [4.69, 9.17) is 55.1 Å². The maximum absolute atomic E-state index is 15.6. The number of amides is 4. The summed E-state index contributed by atoms with van der Waals surface area (Å²) in [5.41, 5.74) is 5.03. The first-order chi connectivity index (χ1) is 34.1. The molecule has 4 aromatic heterocycles. The highest BCUT2D eigenvalue weighted by Crippen LogP contribution is 2.39. The van der Waals surface area contributed by atoms with Crippen LogP contribution in [-0.2, 0) is 11.0 Å². The van der Waals surface area contributed by atoms with Crippen LogP contribution in [0.3, 0.4) is 0 Å². The smallest absolute Gasteiger partial charge is 0.324 e. The number of hydrogen-bond acceptors (Lipinski definition) is 10. The second kappa shape index (κ2) is 20.3. The number of nitrogens with two attached hydrogens (primary N) is 1. The van der Waals surface area contributed by atoms with Crippen molar-refractivity contribution in [2.24, 2.45) is 0 Å². The highest BCUT2D eigenvalue weighted by Gasteiger charge is 2.32. The number of carbonyl (C=O) groups excluding carboxylic acids is 2. The third kappa shape index (κ3) is 11.4. The maximum atomic E-state index is 15.6. The minimum Gasteiger partial charge on any atom is -0.457 e. The summed E-state index contributed by atoms with van der Waals surface area (Å²) in [6.07, 6.45) is 2.73. The van der Waals surface area contributed by atoms with Gasteiger partial charge in [-0.25, -0.2) is 46.5 Å². The minimum absolute atomic E-state index is 0.0359. The van der Waals surface area contributed by atoms with Crippen LogP contribution in [-0.4, -0.2) is 41.6 Å². The SMILES string of the molecule is CC(C)(C)c1nn(-c2ccc(F)cc2)c(NC(=O)Nc2ccc(Oc3ccnc(NC(C)(C)c4nn(-c5ccc(F)cc5)c(NC(=O)Nc5ccc(Oc6cc(N)ncc6Cl)cc5F)c4Cl)c3)cc2F)c1Cl. The number of urea groups is 2. The summed E-state index contributed by atoms with van der Waals surface area (Å²) in [5, 5.41) is 22.9. The summed E-state index contributed by atoms with van der Waals surface area (Å²) in [6.45, 7) is 9.12. The van der Waals surface area contributed by atoms with Crippen LogP contribution in [0.2, 0.25) is 15.1 Å². The van der Waals surface area contributed by atoms with Gasteiger partial charge in [-0.2, -0.15) is 10.2 Å². The Morgan fingerprint density at radius 1 is 0.597 bits per heavy atom. The van der Waals surface area contributed by atoms with Crippen molar-refractivity contribution in [1.82, 2.24) is 29.5 Å². The van der Waals surface area contributed by atoms with Crippen LogP contribution in [0.15, 0.2) is 116 Å². The quantitative estimate of drug-likeness (QED) is 0.0604. The van der Waals surface area contributed by atoms with Gasteiger partial charge in [0.2, 0.25) is 0 Å². The minimum atomic E-state index is -1.15. The van der Waals surface area contributed by atoms with Crippen LogP contribution >= 0.6 is 34.8 Å². The van der Waals surface area contributed by atoms with Crippen molar-refractivity contribution in [3.8, 4) is 34.4 Å². The standard InChI is InChI=1S/C49H41Cl3F4N12O4/c1-48(2,3)42-40(51)44(67(65-42)27-10-6-25(53)7-11-27)62-46(69)60-35-16-14-29(20-33(35)55)71-31-18-19-58-39(22-31)64-49(4,5)43-41(52)45(68(66-43)28-12-8-26(54)9-13-28)63-47(70)61-36-17-15-30(21-34(36)56)72-37-23-38(57)59-24-32(37)50/h6-24H,1-5H3,(H2,57,59)(H,58,64)(H2,60,62,69)(H2,61,63,70). The highest BCUT2D eigenvalue weighted by molar-refractivity contribution is 6.35. The zero-order valence-electron chi connectivity index (χ0n) is 38.5. The number of pyridine rings is 2. The molecule has 0 spiro atoms. The fourth-order valence-corrected chi connectivity index (χ4v) is 7.96. The maximum Gasteiger partial charge on any atom is 0.324 e. The predicted molar refractivity (Wildman–Crippen MR) is 269 cm³/mol. The van der Waals surface area contributed by atoms with Crippen LogP contribution in [0.4, 0.5) is 61.8 Å². The number of rotatable bonds is 13. The third-order valence-corrected chi connectivity index (χ3v) is 11.4. The number of ether oxygens (including phenoxy) is 2. The van der Waals surface area contributed by atoms with E-state index >= 15 is 8.78 Å². The Hall–Kier alpha value is -8.07. The van der Waals surface area contributed by atoms with Crippen molar-refractivity contribution in [1.29, 1.82) is 0 Å². The Labute approximate surface area is 423 Å². The van der Waals surface area contributed by atoms with Crippen molar-refractivity contribution < 1.29 is 36.6 Å². The number of carbonyl (C=O) groups is 2. The fraction of sp³-hybridized carbons (Fsp3) is 0.143. The molecule has 8 aromatic rings. The predicted octanol–water partition coefficient (Wildman–Crippen LogP) is 13.5. The number of aromatic nitrogens is 6. The molecule has 23 heteroatoms. The lowest BCUT2D eigenvalue weighted by Gasteiger charge is -2.25. The van der Waals surface area contributed by atoms with E-state index in [0.717, 1.165) is 12.1 Å². The first-order valence-electron chi connectivity index (χ1n) is 21.5. The lowest BCUT2D eigenvalue weighted by molar-refractivity contribution is 0.261. The highest BCUT2D eigenvalue weighted by atomic mass is 35.5. The summed E-state index contributed by atoms with van der Waals surface area (Å²) in [5.74, 6) is -1.73. The van der Waals surface area contributed by atoms with Crippen molar-refractivity contribution in [3.05, 3.63) is 165 Å². The molecule has 0 fully saturated rings. The van der Waals surface area contributed by atoms with Gasteiger partial charge in [0.05, 0.1) is 40.2 Å². The molecule has 72 heavy (non-hydrogen) atoms. The average molecular weight is 1040 g/mol. The number of nitrogen functional groups attached to an aromatic ring is 1. The normalized spacial score (nSPS) is 11.5. The first-order valence-corrected chi connectivity index (χ1v) is 22.6. The number of nitrogens with zero attached hydrogens (tertiary/aromatic N) is 6. The second-order valence-electron chi connectivity index (χ2n) is 17.4. The number of hydrogen-bond donors (Lipinski definition) is 6. The molecular weight excluding hydrogens is 1000 g/mol. The summed E-state index contributed by atoms with van der Waals surface area (Å²) in [4.78, 5) is 35.0. The van der Waals surface area contributed by atoms with Gasteiger partial charge in [-0.1, -0.05) is 55.6 Å². The molecule has 4 aromatic carbocycles. The molecule has 370 valence electrons. The zero-order chi connectivity index (χ0) is 51.6. The molecule has 16 nitrogen and oxygen atoms in total. The van der Waals surface area contributed by atoms with Gasteiger partial charge in [0, 0.05) is 35.9 Å². The van der Waals surface area contributed by atoms with Crippen LogP contribution in [0.25, 0.3) is 11.4 Å². The topological polar surface area (TPSA) is 200 Å². The van der Waals surface area contributed by atoms with Gasteiger partial charge in [0.25, 0.3) is 0 Å². The largest absolute Gasteiger partial charge is 0.457 e. The molecule has 0 aliphatic heterocycles. The Kier molecular flexibility index (Phi) is 14.2. The van der Waals surface area contributed by atoms with E-state index < -0.39 is 46.3 Å². The van der Waals surface area contributed by atoms with Crippen molar-refractivity contribution in [2.45, 2.75) is 45.6 Å². The first kappa shape index (κ1) is 50.3. The number of benzene rings is 4. The summed E-state index contributed by atoms with van der Waals surface area (Å²) >= 11 is 19.8. The molecule has 0 radical (unpaired) electrons. The van der Waals surface area contributed by atoms with E-state index in [1.807, 2.05) is 20.8 Å². The molecule has 0 unspecified atom stereocenters. The van der Waals surface area contributed by atoms with Crippen molar-refractivity contribution in [2.75, 3.05) is 32.3 Å². The van der Waals surface area contributed by atoms with E-state index in [1.165, 1.54) is 113 Å². The molecule has 0 saturated carbocycles. The lowest BCUT2D eigenvalue weighted by atomic mass is 9.92. The monoisotopic (exact) mass is 1040 g/mol. The van der Waals surface area contributed by atoms with Gasteiger partial charge in [0.1, 0.15) is 72.9 Å². The summed E-state index contributed by atoms with van der Waals surface area (Å²) in [7, 11) is 0. The van der Waals surface area contributed by atoms with Crippen LogP contribution in [0.1, 0.15) is 46.0 Å². The molecule has 8 rings (SSSR count). The Morgan fingerprint density at radius 3 is 1.60 bits per heavy atom. The van der Waals surface area contributed by atoms with Gasteiger partial charge >= 0.3 is 12.1 Å². The fourth-order valence-electron chi connectivity index (χ4n) is 6.97. The Morgan fingerprint density at radius 2 is 1.08 bits per heavy atom. The molecule has 0 aliphatic carbocycles. The second-order valence-corrected chi connectivity index (χ2v) is 18.5. The van der Waals surface area contributed by atoms with Crippen LogP contribution < -0.4 is 41.8 Å². The average Bonchev–Trinajstić information content (AvgIpc) is 3.82. The van der Waals surface area contributed by atoms with Crippen LogP contribution in [0.5, 0.6) is 23.0 Å². The molecule has 0 atom stereocenters. The third-order valence-electron chi connectivity index (χ3n) is 10.4. The van der Waals surface area contributed by atoms with E-state index in [9.17, 15) is 18.4 Å². The van der Waals surface area contributed by atoms with Crippen molar-refractivity contribution in [3.63, 3.8) is 0 Å². The Balaban J connectivity index is 0.960. The molecular formula is C49H41Cl3F4N12O4. The molecule has 4 heterocycles. The van der Waals surface area contributed by atoms with E-state index in [-0.39, 0.29) is 78.4 Å². The van der Waals surface area contributed by atoms with E-state index in [1.54, 1.807) is 13.8 Å². The number of nitrogens with one attached hydrogen (secondary N) is 5. The van der Waals surface area contributed by atoms with Gasteiger partial charge in [0.15, 0.2) is 17.4 Å².